The monoisotopic (exact) mass is 241 g/mol. The van der Waals surface area contributed by atoms with Gasteiger partial charge in [-0.3, -0.25) is 0 Å². The van der Waals surface area contributed by atoms with Crippen molar-refractivity contribution < 1.29 is 0 Å². The van der Waals surface area contributed by atoms with Gasteiger partial charge >= 0.3 is 0 Å². The van der Waals surface area contributed by atoms with Gasteiger partial charge in [0.25, 0.3) is 0 Å². The molecule has 0 atom stereocenters. The molecule has 3 nitrogen and oxygen atoms in total. The van der Waals surface area contributed by atoms with Gasteiger partial charge in [-0.15, -0.1) is 11.3 Å². The molecule has 4 heteroatoms. The van der Waals surface area contributed by atoms with Gasteiger partial charge in [-0.1, -0.05) is 12.1 Å². The number of rotatable bonds is 2. The third-order valence-electron chi connectivity index (χ3n) is 2.86. The molecule has 1 aliphatic carbocycles. The van der Waals surface area contributed by atoms with Crippen LogP contribution in [0.5, 0.6) is 0 Å². The Morgan fingerprint density at radius 1 is 1.41 bits per heavy atom. The van der Waals surface area contributed by atoms with Crippen LogP contribution in [0.25, 0.3) is 11.3 Å². The number of nitrogens with zero attached hydrogens (tertiary/aromatic N) is 2. The second-order valence-corrected chi connectivity index (χ2v) is 5.29. The third kappa shape index (κ3) is 1.90. The van der Waals surface area contributed by atoms with Crippen LogP contribution in [0.4, 0.5) is 5.00 Å². The normalized spacial score (nSPS) is 14.5. The molecule has 84 valence electrons. The molecule has 1 aromatic heterocycles. The van der Waals surface area contributed by atoms with Gasteiger partial charge in [-0.05, 0) is 25.0 Å². The quantitative estimate of drug-likeness (QED) is 0.878. The molecule has 0 saturated heterocycles. The van der Waals surface area contributed by atoms with Gasteiger partial charge < -0.3 is 5.73 Å². The Bertz CT molecular complexity index is 605. The minimum atomic E-state index is 0.621. The van der Waals surface area contributed by atoms with E-state index in [0.29, 0.717) is 11.5 Å². The summed E-state index contributed by atoms with van der Waals surface area (Å²) in [5.74, 6) is 0.621. The van der Waals surface area contributed by atoms with Crippen LogP contribution in [0.15, 0.2) is 24.3 Å². The van der Waals surface area contributed by atoms with Crippen LogP contribution in [-0.4, -0.2) is 4.98 Å². The smallest absolute Gasteiger partial charge is 0.114 e. The van der Waals surface area contributed by atoms with E-state index in [9.17, 15) is 0 Å². The Kier molecular flexibility index (Phi) is 2.34. The van der Waals surface area contributed by atoms with Crippen molar-refractivity contribution in [3.05, 3.63) is 34.8 Å². The predicted octanol–water partition coefficient (Wildman–Crippen LogP) is 3.14. The molecule has 1 aromatic carbocycles. The summed E-state index contributed by atoms with van der Waals surface area (Å²) in [5.41, 5.74) is 8.41. The summed E-state index contributed by atoms with van der Waals surface area (Å²) in [5, 5.41) is 10.8. The van der Waals surface area contributed by atoms with E-state index >= 15 is 0 Å². The highest BCUT2D eigenvalue weighted by Gasteiger charge is 2.28. The van der Waals surface area contributed by atoms with Crippen LogP contribution in [0.2, 0.25) is 0 Å². The van der Waals surface area contributed by atoms with Crippen molar-refractivity contribution in [2.24, 2.45) is 0 Å². The molecule has 3 rings (SSSR count). The number of anilines is 1. The average Bonchev–Trinajstić information content (AvgIpc) is 3.13. The lowest BCUT2D eigenvalue weighted by molar-refractivity contribution is 1.09. The van der Waals surface area contributed by atoms with Crippen LogP contribution < -0.4 is 5.73 Å². The lowest BCUT2D eigenvalue weighted by atomic mass is 10.1. The number of thiazole rings is 1. The van der Waals surface area contributed by atoms with Crippen LogP contribution in [0.3, 0.4) is 0 Å². The summed E-state index contributed by atoms with van der Waals surface area (Å²) < 4.78 is 0. The number of hydrogen-bond acceptors (Lipinski definition) is 4. The van der Waals surface area contributed by atoms with Crippen molar-refractivity contribution >= 4 is 16.3 Å². The molecule has 1 fully saturated rings. The molecule has 2 aromatic rings. The van der Waals surface area contributed by atoms with Crippen molar-refractivity contribution in [3.8, 4) is 17.3 Å². The van der Waals surface area contributed by atoms with E-state index in [1.165, 1.54) is 12.8 Å². The van der Waals surface area contributed by atoms with Gasteiger partial charge in [0, 0.05) is 11.5 Å². The zero-order valence-corrected chi connectivity index (χ0v) is 10.00. The first-order chi connectivity index (χ1) is 8.28. The summed E-state index contributed by atoms with van der Waals surface area (Å²) in [4.78, 5) is 4.60. The fraction of sp³-hybridized carbons (Fsp3) is 0.231. The molecule has 1 aliphatic rings. The molecule has 0 aliphatic heterocycles. The number of aromatic nitrogens is 1. The van der Waals surface area contributed by atoms with Gasteiger partial charge in [0.1, 0.15) is 10.7 Å². The fourth-order valence-electron chi connectivity index (χ4n) is 1.80. The predicted molar refractivity (Wildman–Crippen MR) is 68.7 cm³/mol. The maximum Gasteiger partial charge on any atom is 0.114 e. The van der Waals surface area contributed by atoms with Crippen molar-refractivity contribution in [2.45, 2.75) is 18.8 Å². The van der Waals surface area contributed by atoms with E-state index in [-0.39, 0.29) is 0 Å². The zero-order valence-electron chi connectivity index (χ0n) is 9.18. The first kappa shape index (κ1) is 10.3. The van der Waals surface area contributed by atoms with E-state index in [1.54, 1.807) is 17.4 Å². The van der Waals surface area contributed by atoms with Crippen LogP contribution in [0, 0.1) is 11.3 Å². The number of nitrogen functional groups attached to an aromatic ring is 1. The van der Waals surface area contributed by atoms with Crippen molar-refractivity contribution in [1.29, 1.82) is 5.26 Å². The molecule has 0 radical (unpaired) electrons. The fourth-order valence-corrected chi connectivity index (χ4v) is 2.82. The first-order valence-electron chi connectivity index (χ1n) is 5.54. The Labute approximate surface area is 104 Å². The van der Waals surface area contributed by atoms with Gasteiger partial charge in [-0.25, -0.2) is 4.98 Å². The maximum atomic E-state index is 8.88. The lowest BCUT2D eigenvalue weighted by Gasteiger charge is -1.98. The highest BCUT2D eigenvalue weighted by Crippen LogP contribution is 2.45. The average molecular weight is 241 g/mol. The Hall–Kier alpha value is -1.86. The second kappa shape index (κ2) is 3.86. The number of hydrogen-bond donors (Lipinski definition) is 1. The molecule has 0 spiro atoms. The SMILES string of the molecule is N#Cc1cccc(-c2nc(C3CC3)sc2N)c1. The molecule has 1 saturated carbocycles. The van der Waals surface area contributed by atoms with E-state index in [4.69, 9.17) is 11.0 Å². The van der Waals surface area contributed by atoms with Crippen molar-refractivity contribution in [3.63, 3.8) is 0 Å². The topological polar surface area (TPSA) is 62.7 Å². The minimum Gasteiger partial charge on any atom is -0.389 e. The number of nitrogens with two attached hydrogens (primary N) is 1. The largest absolute Gasteiger partial charge is 0.389 e. The minimum absolute atomic E-state index is 0.621. The van der Waals surface area contributed by atoms with E-state index < -0.39 is 0 Å². The molecular formula is C13H11N3S. The second-order valence-electron chi connectivity index (χ2n) is 4.23. The van der Waals surface area contributed by atoms with E-state index in [1.807, 2.05) is 18.2 Å². The van der Waals surface area contributed by atoms with Crippen molar-refractivity contribution in [2.75, 3.05) is 5.73 Å². The molecule has 0 amide bonds. The molecular weight excluding hydrogens is 230 g/mol. The summed E-state index contributed by atoms with van der Waals surface area (Å²) in [7, 11) is 0. The maximum absolute atomic E-state index is 8.88. The number of benzene rings is 1. The summed E-state index contributed by atoms with van der Waals surface area (Å²) in [6.07, 6.45) is 2.45. The van der Waals surface area contributed by atoms with Crippen LogP contribution >= 0.6 is 11.3 Å². The summed E-state index contributed by atoms with van der Waals surface area (Å²) in [6.45, 7) is 0. The molecule has 0 bridgehead atoms. The standard InChI is InChI=1S/C13H11N3S/c14-7-8-2-1-3-10(6-8)11-12(15)17-13(16-11)9-4-5-9/h1-3,6,9H,4-5,15H2. The third-order valence-corrected chi connectivity index (χ3v) is 3.91. The molecule has 1 heterocycles. The Morgan fingerprint density at radius 2 is 2.24 bits per heavy atom. The Morgan fingerprint density at radius 3 is 2.94 bits per heavy atom. The lowest BCUT2D eigenvalue weighted by Crippen LogP contribution is -1.87. The van der Waals surface area contributed by atoms with Crippen molar-refractivity contribution in [1.82, 2.24) is 4.98 Å². The first-order valence-corrected chi connectivity index (χ1v) is 6.36. The van der Waals surface area contributed by atoms with Gasteiger partial charge in [0.15, 0.2) is 0 Å². The highest BCUT2D eigenvalue weighted by molar-refractivity contribution is 7.16. The molecule has 0 unspecified atom stereocenters. The van der Waals surface area contributed by atoms with Crippen LogP contribution in [-0.2, 0) is 0 Å². The summed E-state index contributed by atoms with van der Waals surface area (Å²) in [6, 6.07) is 9.57. The Balaban J connectivity index is 2.05. The van der Waals surface area contributed by atoms with Gasteiger partial charge in [-0.2, -0.15) is 5.26 Å². The summed E-state index contributed by atoms with van der Waals surface area (Å²) >= 11 is 1.58. The molecule has 2 N–H and O–H groups in total. The van der Waals surface area contributed by atoms with Gasteiger partial charge in [0.05, 0.1) is 16.6 Å². The van der Waals surface area contributed by atoms with Crippen LogP contribution in [0.1, 0.15) is 29.3 Å². The highest BCUT2D eigenvalue weighted by atomic mass is 32.1. The number of nitriles is 1. The zero-order chi connectivity index (χ0) is 11.8. The van der Waals surface area contributed by atoms with E-state index in [2.05, 4.69) is 11.1 Å². The van der Waals surface area contributed by atoms with E-state index in [0.717, 1.165) is 21.3 Å². The van der Waals surface area contributed by atoms with Gasteiger partial charge in [0.2, 0.25) is 0 Å². The molecule has 17 heavy (non-hydrogen) atoms.